The van der Waals surface area contributed by atoms with Crippen LogP contribution in [-0.2, 0) is 63.8 Å². The average Bonchev–Trinajstić information content (AvgIpc) is 2.92. The summed E-state index contributed by atoms with van der Waals surface area (Å²) in [6.07, 6.45) is -7.22. The van der Waals surface area contributed by atoms with Gasteiger partial charge in [0, 0.05) is 27.7 Å². The molecule has 1 fully saturated rings. The lowest BCUT2D eigenvalue weighted by molar-refractivity contribution is -0.228. The van der Waals surface area contributed by atoms with Crippen LogP contribution in [0.1, 0.15) is 60.5 Å². The number of carbonyl (C=O) groups is 7. The van der Waals surface area contributed by atoms with Gasteiger partial charge in [0.1, 0.15) is 37.0 Å². The van der Waals surface area contributed by atoms with Crippen LogP contribution in [0.3, 0.4) is 0 Å². The van der Waals surface area contributed by atoms with Gasteiger partial charge < -0.3 is 44.4 Å². The van der Waals surface area contributed by atoms with E-state index >= 15 is 0 Å². The molecule has 1 aliphatic heterocycles. The number of esters is 4. The molecule has 0 radical (unpaired) electrons. The van der Waals surface area contributed by atoms with Gasteiger partial charge in [-0.15, -0.1) is 0 Å². The molecule has 2 unspecified atom stereocenters. The van der Waals surface area contributed by atoms with Crippen LogP contribution in [0.15, 0.2) is 30.3 Å². The van der Waals surface area contributed by atoms with E-state index in [0.29, 0.717) is 5.56 Å². The van der Waals surface area contributed by atoms with Crippen LogP contribution in [0, 0.1) is 0 Å². The summed E-state index contributed by atoms with van der Waals surface area (Å²) < 4.78 is 32.3. The van der Waals surface area contributed by atoms with E-state index in [0.717, 1.165) is 27.7 Å². The number of hydrogen-bond donors (Lipinski definition) is 3. The van der Waals surface area contributed by atoms with Crippen molar-refractivity contribution < 1.29 is 62.0 Å². The Morgan fingerprint density at radius 1 is 0.826 bits per heavy atom. The number of ether oxygens (including phenoxy) is 6. The Bertz CT molecular complexity index is 1260. The van der Waals surface area contributed by atoms with Crippen molar-refractivity contribution in [1.29, 1.82) is 0 Å². The molecule has 1 aromatic rings. The van der Waals surface area contributed by atoms with E-state index in [-0.39, 0.29) is 6.61 Å². The van der Waals surface area contributed by atoms with Crippen LogP contribution >= 0.6 is 0 Å². The van der Waals surface area contributed by atoms with Crippen molar-refractivity contribution >= 4 is 41.8 Å². The van der Waals surface area contributed by atoms with Crippen molar-refractivity contribution in [3.05, 3.63) is 35.9 Å². The predicted octanol–water partition coefficient (Wildman–Crippen LogP) is 0.786. The molecule has 254 valence electrons. The van der Waals surface area contributed by atoms with Gasteiger partial charge in [-0.1, -0.05) is 30.3 Å². The number of rotatable bonds is 12. The van der Waals surface area contributed by atoms with Crippen molar-refractivity contribution in [1.82, 2.24) is 16.0 Å². The maximum absolute atomic E-state index is 13.4. The molecule has 16 heteroatoms. The van der Waals surface area contributed by atoms with Gasteiger partial charge >= 0.3 is 30.0 Å². The molecule has 1 heterocycles. The second kappa shape index (κ2) is 17.1. The molecule has 0 saturated carbocycles. The lowest BCUT2D eigenvalue weighted by atomic mass is 9.95. The fourth-order valence-electron chi connectivity index (χ4n) is 4.33. The van der Waals surface area contributed by atoms with Crippen LogP contribution in [0.25, 0.3) is 0 Å². The highest BCUT2D eigenvalue weighted by molar-refractivity contribution is 5.88. The van der Waals surface area contributed by atoms with E-state index in [1.165, 1.54) is 0 Å². The Morgan fingerprint density at radius 2 is 1.43 bits per heavy atom. The van der Waals surface area contributed by atoms with Crippen molar-refractivity contribution in [3.63, 3.8) is 0 Å². The molecule has 3 amide bonds. The Hall–Kier alpha value is -4.73. The summed E-state index contributed by atoms with van der Waals surface area (Å²) in [6, 6.07) is 5.84. The van der Waals surface area contributed by atoms with E-state index in [1.54, 1.807) is 51.1 Å². The molecule has 16 nitrogen and oxygen atoms in total. The maximum atomic E-state index is 13.4. The summed E-state index contributed by atoms with van der Waals surface area (Å²) in [5.74, 6) is -4.78. The Morgan fingerprint density at radius 3 is 1.98 bits per heavy atom. The number of nitrogens with one attached hydrogen (secondary N) is 3. The van der Waals surface area contributed by atoms with Gasteiger partial charge in [-0.2, -0.15) is 0 Å². The molecule has 2 rings (SSSR count). The maximum Gasteiger partial charge on any atom is 0.408 e. The minimum atomic E-state index is -1.53. The largest absolute Gasteiger partial charge is 0.463 e. The van der Waals surface area contributed by atoms with Gasteiger partial charge in [0.15, 0.2) is 18.4 Å². The van der Waals surface area contributed by atoms with Crippen LogP contribution in [0.4, 0.5) is 4.79 Å². The first-order chi connectivity index (χ1) is 21.4. The first kappa shape index (κ1) is 37.5. The van der Waals surface area contributed by atoms with Crippen LogP contribution < -0.4 is 16.0 Å². The van der Waals surface area contributed by atoms with Gasteiger partial charge in [-0.25, -0.2) is 9.59 Å². The Kier molecular flexibility index (Phi) is 13.9. The van der Waals surface area contributed by atoms with Gasteiger partial charge in [-0.3, -0.25) is 24.0 Å². The topological polar surface area (TPSA) is 211 Å². The summed E-state index contributed by atoms with van der Waals surface area (Å²) in [6.45, 7) is 8.64. The standard InChI is InChI=1S/C30H41N3O13/c1-16(34)31-24-26(44-19(4)37)25(43-18(3)36)22(15-41-17(2)35)45-27(24)33-23(38)13-21(32-29(40)46-30(5,6)7)28(39)42-14-20-11-9-8-10-12-20/h8-12,21-22,24-27H,13-15H2,1-7H3,(H,31,34)(H,32,40)(H,33,38)/t21-,22?,24?,25+,26-,27+/m0/s1. The molecule has 1 saturated heterocycles. The number of amides is 3. The highest BCUT2D eigenvalue weighted by Gasteiger charge is 2.51. The first-order valence-corrected chi connectivity index (χ1v) is 14.3. The molecule has 0 aromatic heterocycles. The normalized spacial score (nSPS) is 21.4. The van der Waals surface area contributed by atoms with E-state index in [1.807, 2.05) is 0 Å². The fraction of sp³-hybridized carbons (Fsp3) is 0.567. The summed E-state index contributed by atoms with van der Waals surface area (Å²) in [4.78, 5) is 86.7. The molecule has 0 aliphatic carbocycles. The number of alkyl carbamates (subject to hydrolysis) is 1. The number of hydrogen-bond acceptors (Lipinski definition) is 13. The van der Waals surface area contributed by atoms with Crippen LogP contribution in [0.2, 0.25) is 0 Å². The molecular weight excluding hydrogens is 610 g/mol. The minimum Gasteiger partial charge on any atom is -0.463 e. The smallest absolute Gasteiger partial charge is 0.408 e. The van der Waals surface area contributed by atoms with Gasteiger partial charge in [-0.05, 0) is 26.3 Å². The third-order valence-corrected chi connectivity index (χ3v) is 6.01. The summed E-state index contributed by atoms with van der Waals surface area (Å²) in [5.41, 5.74) is -0.268. The van der Waals surface area contributed by atoms with Crippen molar-refractivity contribution in [3.8, 4) is 0 Å². The summed E-state index contributed by atoms with van der Waals surface area (Å²) >= 11 is 0. The fourth-order valence-corrected chi connectivity index (χ4v) is 4.33. The van der Waals surface area contributed by atoms with Crippen molar-refractivity contribution in [2.24, 2.45) is 0 Å². The average molecular weight is 652 g/mol. The van der Waals surface area contributed by atoms with E-state index in [4.69, 9.17) is 28.4 Å². The van der Waals surface area contributed by atoms with Crippen molar-refractivity contribution in [2.75, 3.05) is 6.61 Å². The predicted molar refractivity (Wildman–Crippen MR) is 156 cm³/mol. The lowest BCUT2D eigenvalue weighted by Crippen LogP contribution is -2.69. The Balaban J connectivity index is 2.36. The first-order valence-electron chi connectivity index (χ1n) is 14.3. The molecule has 1 aliphatic rings. The molecule has 6 atom stereocenters. The number of carbonyl (C=O) groups excluding carboxylic acids is 7. The van der Waals surface area contributed by atoms with Gasteiger partial charge in [0.25, 0.3) is 0 Å². The third kappa shape index (κ3) is 13.1. The van der Waals surface area contributed by atoms with E-state index in [9.17, 15) is 33.6 Å². The molecule has 0 spiro atoms. The Labute approximate surface area is 266 Å². The number of benzene rings is 1. The lowest BCUT2D eigenvalue weighted by Gasteiger charge is -2.45. The zero-order valence-corrected chi connectivity index (χ0v) is 26.8. The third-order valence-electron chi connectivity index (χ3n) is 6.01. The molecule has 1 aromatic carbocycles. The summed E-state index contributed by atoms with van der Waals surface area (Å²) in [5, 5.41) is 7.35. The second-order valence-electron chi connectivity index (χ2n) is 11.3. The summed E-state index contributed by atoms with van der Waals surface area (Å²) in [7, 11) is 0. The van der Waals surface area contributed by atoms with E-state index in [2.05, 4.69) is 16.0 Å². The second-order valence-corrected chi connectivity index (χ2v) is 11.3. The highest BCUT2D eigenvalue weighted by atomic mass is 16.6. The molecule has 3 N–H and O–H groups in total. The van der Waals surface area contributed by atoms with Crippen LogP contribution in [-0.4, -0.2) is 90.6 Å². The minimum absolute atomic E-state index is 0.149. The monoisotopic (exact) mass is 651 g/mol. The SMILES string of the molecule is CC(=O)NC1[C@H](NC(=O)C[C@H](NC(=O)OC(C)(C)C)C(=O)OCc2ccccc2)OC(COC(C)=O)[C@@H](OC(C)=O)[C@H]1OC(C)=O. The highest BCUT2D eigenvalue weighted by Crippen LogP contribution is 2.26. The van der Waals surface area contributed by atoms with Gasteiger partial charge in [0.05, 0.1) is 6.42 Å². The van der Waals surface area contributed by atoms with Gasteiger partial charge in [0.2, 0.25) is 11.8 Å². The van der Waals surface area contributed by atoms with E-state index < -0.39 is 97.0 Å². The molecular formula is C30H41N3O13. The quantitative estimate of drug-likeness (QED) is 0.211. The molecule has 0 bridgehead atoms. The van der Waals surface area contributed by atoms with Crippen LogP contribution in [0.5, 0.6) is 0 Å². The molecule has 46 heavy (non-hydrogen) atoms. The zero-order valence-electron chi connectivity index (χ0n) is 26.8. The van der Waals surface area contributed by atoms with Crippen molar-refractivity contribution in [2.45, 2.75) is 104 Å². The zero-order chi connectivity index (χ0) is 34.6.